The van der Waals surface area contributed by atoms with Crippen LogP contribution in [0.5, 0.6) is 0 Å². The third-order valence-corrected chi connectivity index (χ3v) is 3.18. The average molecular weight is 331 g/mol. The smallest absolute Gasteiger partial charge is 0.266 e. The number of nitriles is 1. The van der Waals surface area contributed by atoms with E-state index in [1.807, 2.05) is 42.5 Å². The van der Waals surface area contributed by atoms with Crippen molar-refractivity contribution in [1.29, 1.82) is 5.26 Å². The Labute approximate surface area is 146 Å². The number of carbonyl (C=O) groups excluding carboxylic acids is 2. The SMILES string of the molecule is CC(=O)Nc1ccc(NC(=O)/C(C#N)=C/C=C/c2ccccc2)cc1. The van der Waals surface area contributed by atoms with Crippen LogP contribution in [0.1, 0.15) is 12.5 Å². The lowest BCUT2D eigenvalue weighted by atomic mass is 10.2. The van der Waals surface area contributed by atoms with Crippen LogP contribution in [0.25, 0.3) is 6.08 Å². The minimum atomic E-state index is -0.493. The van der Waals surface area contributed by atoms with E-state index in [4.69, 9.17) is 5.26 Å². The monoisotopic (exact) mass is 331 g/mol. The minimum absolute atomic E-state index is 0.00174. The van der Waals surface area contributed by atoms with Gasteiger partial charge in [-0.3, -0.25) is 9.59 Å². The van der Waals surface area contributed by atoms with Crippen LogP contribution < -0.4 is 10.6 Å². The summed E-state index contributed by atoms with van der Waals surface area (Å²) in [6, 6.07) is 18.1. The molecule has 0 aromatic heterocycles. The van der Waals surface area contributed by atoms with Gasteiger partial charge in [-0.25, -0.2) is 0 Å². The number of carbonyl (C=O) groups is 2. The number of nitrogens with one attached hydrogen (secondary N) is 2. The molecule has 124 valence electrons. The van der Waals surface area contributed by atoms with Gasteiger partial charge in [0.1, 0.15) is 11.6 Å². The Morgan fingerprint density at radius 2 is 1.56 bits per heavy atom. The van der Waals surface area contributed by atoms with Crippen LogP contribution in [0.2, 0.25) is 0 Å². The predicted molar refractivity (Wildman–Crippen MR) is 98.5 cm³/mol. The normalized spacial score (nSPS) is 11.0. The van der Waals surface area contributed by atoms with Gasteiger partial charge in [-0.1, -0.05) is 42.5 Å². The molecule has 0 radical (unpaired) electrons. The Hall–Kier alpha value is -3.65. The van der Waals surface area contributed by atoms with Crippen LogP contribution in [0.15, 0.2) is 72.3 Å². The van der Waals surface area contributed by atoms with Gasteiger partial charge in [-0.05, 0) is 35.9 Å². The molecule has 0 atom stereocenters. The van der Waals surface area contributed by atoms with Crippen molar-refractivity contribution in [2.75, 3.05) is 10.6 Å². The van der Waals surface area contributed by atoms with E-state index < -0.39 is 5.91 Å². The highest BCUT2D eigenvalue weighted by molar-refractivity contribution is 6.06. The molecule has 0 aliphatic rings. The predicted octanol–water partition coefficient (Wildman–Crippen LogP) is 3.75. The second-order valence-corrected chi connectivity index (χ2v) is 5.17. The van der Waals surface area contributed by atoms with Crippen LogP contribution in [-0.4, -0.2) is 11.8 Å². The number of rotatable bonds is 5. The molecule has 2 aromatic rings. The van der Waals surface area contributed by atoms with E-state index in [2.05, 4.69) is 10.6 Å². The van der Waals surface area contributed by atoms with Crippen LogP contribution >= 0.6 is 0 Å². The van der Waals surface area contributed by atoms with Gasteiger partial charge < -0.3 is 10.6 Å². The fourth-order valence-corrected chi connectivity index (χ4v) is 2.02. The third kappa shape index (κ3) is 5.81. The van der Waals surface area contributed by atoms with Gasteiger partial charge in [0.15, 0.2) is 0 Å². The standard InChI is InChI=1S/C20H17N3O2/c1-15(24)22-18-10-12-19(13-11-18)23-20(25)17(14-21)9-5-8-16-6-3-2-4-7-16/h2-13H,1H3,(H,22,24)(H,23,25)/b8-5+,17-9+. The number of nitrogens with zero attached hydrogens (tertiary/aromatic N) is 1. The van der Waals surface area contributed by atoms with Gasteiger partial charge in [-0.2, -0.15) is 5.26 Å². The fourth-order valence-electron chi connectivity index (χ4n) is 2.02. The number of allylic oxidation sites excluding steroid dienone is 2. The van der Waals surface area contributed by atoms with Crippen molar-refractivity contribution in [2.45, 2.75) is 6.92 Å². The van der Waals surface area contributed by atoms with Crippen LogP contribution in [-0.2, 0) is 9.59 Å². The summed E-state index contributed by atoms with van der Waals surface area (Å²) >= 11 is 0. The molecular formula is C20H17N3O2. The van der Waals surface area contributed by atoms with Gasteiger partial charge >= 0.3 is 0 Å². The van der Waals surface area contributed by atoms with Crippen molar-refractivity contribution < 1.29 is 9.59 Å². The van der Waals surface area contributed by atoms with Crippen molar-refractivity contribution in [1.82, 2.24) is 0 Å². The Balaban J connectivity index is 2.02. The molecule has 0 aliphatic carbocycles. The van der Waals surface area contributed by atoms with Crippen molar-refractivity contribution >= 4 is 29.3 Å². The summed E-state index contributed by atoms with van der Waals surface area (Å²) in [5.41, 5.74) is 2.14. The van der Waals surface area contributed by atoms with E-state index in [-0.39, 0.29) is 11.5 Å². The maximum Gasteiger partial charge on any atom is 0.266 e. The summed E-state index contributed by atoms with van der Waals surface area (Å²) in [4.78, 5) is 23.1. The summed E-state index contributed by atoms with van der Waals surface area (Å²) in [5.74, 6) is -0.663. The van der Waals surface area contributed by atoms with Crippen molar-refractivity contribution in [3.05, 3.63) is 77.9 Å². The number of amides is 2. The molecular weight excluding hydrogens is 314 g/mol. The Kier molecular flexibility index (Phi) is 6.26. The number of benzene rings is 2. The Bertz CT molecular complexity index is 845. The maximum atomic E-state index is 12.1. The lowest BCUT2D eigenvalue weighted by molar-refractivity contribution is -0.114. The number of hydrogen-bond donors (Lipinski definition) is 2. The fraction of sp³-hybridized carbons (Fsp3) is 0.0500. The highest BCUT2D eigenvalue weighted by Gasteiger charge is 2.08. The molecule has 2 N–H and O–H groups in total. The first-order valence-electron chi connectivity index (χ1n) is 7.61. The number of hydrogen-bond acceptors (Lipinski definition) is 3. The quantitative estimate of drug-likeness (QED) is 0.497. The first kappa shape index (κ1) is 17.7. The van der Waals surface area contributed by atoms with E-state index >= 15 is 0 Å². The minimum Gasteiger partial charge on any atom is -0.326 e. The second-order valence-electron chi connectivity index (χ2n) is 5.17. The molecule has 0 heterocycles. The zero-order valence-electron chi connectivity index (χ0n) is 13.7. The highest BCUT2D eigenvalue weighted by atomic mass is 16.2. The topological polar surface area (TPSA) is 82.0 Å². The largest absolute Gasteiger partial charge is 0.326 e. The molecule has 0 bridgehead atoms. The van der Waals surface area contributed by atoms with Crippen LogP contribution in [0.3, 0.4) is 0 Å². The van der Waals surface area contributed by atoms with Crippen LogP contribution in [0.4, 0.5) is 11.4 Å². The molecule has 2 amide bonds. The molecule has 0 saturated heterocycles. The summed E-state index contributed by atoms with van der Waals surface area (Å²) in [6.07, 6.45) is 4.94. The van der Waals surface area contributed by atoms with Gasteiger partial charge in [0.2, 0.25) is 5.91 Å². The molecule has 0 spiro atoms. The molecule has 0 unspecified atom stereocenters. The zero-order chi connectivity index (χ0) is 18.1. The van der Waals surface area contributed by atoms with Crippen molar-refractivity contribution in [3.8, 4) is 6.07 Å². The van der Waals surface area contributed by atoms with Crippen molar-refractivity contribution in [2.24, 2.45) is 0 Å². The lowest BCUT2D eigenvalue weighted by Gasteiger charge is -2.06. The summed E-state index contributed by atoms with van der Waals surface area (Å²) in [6.45, 7) is 1.42. The van der Waals surface area contributed by atoms with Gasteiger partial charge in [0.25, 0.3) is 5.91 Å². The molecule has 0 aliphatic heterocycles. The third-order valence-electron chi connectivity index (χ3n) is 3.18. The highest BCUT2D eigenvalue weighted by Crippen LogP contribution is 2.14. The molecule has 25 heavy (non-hydrogen) atoms. The molecule has 5 nitrogen and oxygen atoms in total. The van der Waals surface area contributed by atoms with Gasteiger partial charge in [0.05, 0.1) is 0 Å². The lowest BCUT2D eigenvalue weighted by Crippen LogP contribution is -2.13. The Morgan fingerprint density at radius 1 is 0.960 bits per heavy atom. The Morgan fingerprint density at radius 3 is 2.12 bits per heavy atom. The molecule has 0 fully saturated rings. The number of anilines is 2. The average Bonchev–Trinajstić information content (AvgIpc) is 2.61. The van der Waals surface area contributed by atoms with Crippen molar-refractivity contribution in [3.63, 3.8) is 0 Å². The molecule has 2 rings (SSSR count). The molecule has 0 saturated carbocycles. The van der Waals surface area contributed by atoms with E-state index in [0.717, 1.165) is 5.56 Å². The van der Waals surface area contributed by atoms with Gasteiger partial charge in [-0.15, -0.1) is 0 Å². The molecule has 5 heteroatoms. The van der Waals surface area contributed by atoms with E-state index in [1.54, 1.807) is 30.3 Å². The van der Waals surface area contributed by atoms with Gasteiger partial charge in [0, 0.05) is 18.3 Å². The first-order valence-corrected chi connectivity index (χ1v) is 7.61. The second kappa shape index (κ2) is 8.85. The summed E-state index contributed by atoms with van der Waals surface area (Å²) < 4.78 is 0. The van der Waals surface area contributed by atoms with E-state index in [9.17, 15) is 9.59 Å². The summed E-state index contributed by atoms with van der Waals surface area (Å²) in [5, 5.41) is 14.4. The zero-order valence-corrected chi connectivity index (χ0v) is 13.7. The van der Waals surface area contributed by atoms with Crippen LogP contribution in [0, 0.1) is 11.3 Å². The molecule has 2 aromatic carbocycles. The van der Waals surface area contributed by atoms with E-state index in [0.29, 0.717) is 11.4 Å². The maximum absolute atomic E-state index is 12.1. The first-order chi connectivity index (χ1) is 12.1. The summed E-state index contributed by atoms with van der Waals surface area (Å²) in [7, 11) is 0. The van der Waals surface area contributed by atoms with E-state index in [1.165, 1.54) is 13.0 Å².